The van der Waals surface area contributed by atoms with Crippen LogP contribution in [0.15, 0.2) is 40.9 Å². The van der Waals surface area contributed by atoms with E-state index < -0.39 is 23.4 Å². The number of nitro benzene ring substituents is 1. The fourth-order valence-corrected chi connectivity index (χ4v) is 2.60. The van der Waals surface area contributed by atoms with Crippen LogP contribution < -0.4 is 5.32 Å². The number of hydrogen-bond acceptors (Lipinski definition) is 5. The molecule has 0 aliphatic carbocycles. The number of rotatable bonds is 5. The van der Waals surface area contributed by atoms with Crippen molar-refractivity contribution in [1.82, 2.24) is 0 Å². The van der Waals surface area contributed by atoms with Crippen molar-refractivity contribution in [2.45, 2.75) is 6.92 Å². The minimum atomic E-state index is -0.951. The van der Waals surface area contributed by atoms with E-state index in [2.05, 4.69) is 21.2 Å². The normalized spacial score (nSPS) is 10.2. The summed E-state index contributed by atoms with van der Waals surface area (Å²) in [7, 11) is 0. The molecule has 2 aromatic carbocycles. The van der Waals surface area contributed by atoms with Gasteiger partial charge in [0.2, 0.25) is 0 Å². The van der Waals surface area contributed by atoms with Gasteiger partial charge in [-0.25, -0.2) is 4.79 Å². The van der Waals surface area contributed by atoms with Gasteiger partial charge in [-0.3, -0.25) is 14.9 Å². The molecule has 0 aliphatic rings. The van der Waals surface area contributed by atoms with Gasteiger partial charge in [0.15, 0.2) is 6.61 Å². The summed E-state index contributed by atoms with van der Waals surface area (Å²) in [6, 6.07) is 8.64. The van der Waals surface area contributed by atoms with E-state index in [1.807, 2.05) is 0 Å². The summed E-state index contributed by atoms with van der Waals surface area (Å²) in [5.41, 5.74) is 0.626. The minimum Gasteiger partial charge on any atom is -0.452 e. The van der Waals surface area contributed by atoms with Crippen LogP contribution in [0.4, 0.5) is 11.4 Å². The van der Waals surface area contributed by atoms with Crippen LogP contribution >= 0.6 is 27.5 Å². The van der Waals surface area contributed by atoms with Gasteiger partial charge in [0.25, 0.3) is 11.6 Å². The van der Waals surface area contributed by atoms with Gasteiger partial charge >= 0.3 is 5.97 Å². The van der Waals surface area contributed by atoms with Crippen molar-refractivity contribution in [3.05, 3.63) is 67.1 Å². The summed E-state index contributed by atoms with van der Waals surface area (Å²) >= 11 is 9.25. The molecular weight excluding hydrogens is 416 g/mol. The standard InChI is InChI=1S/C16H12BrClN2O5/c1-9-6-11(17)12(18)7-13(9)19-15(21)8-25-16(22)10-4-2-3-5-14(10)20(23)24/h2-7H,8H2,1H3,(H,19,21). The predicted molar refractivity (Wildman–Crippen MR) is 95.9 cm³/mol. The van der Waals surface area contributed by atoms with Crippen molar-refractivity contribution in [1.29, 1.82) is 0 Å². The summed E-state index contributed by atoms with van der Waals surface area (Å²) in [4.78, 5) is 34.1. The monoisotopic (exact) mass is 426 g/mol. The quantitative estimate of drug-likeness (QED) is 0.440. The Morgan fingerprint density at radius 2 is 2.00 bits per heavy atom. The summed E-state index contributed by atoms with van der Waals surface area (Å²) < 4.78 is 5.54. The van der Waals surface area contributed by atoms with Crippen molar-refractivity contribution in [3.8, 4) is 0 Å². The Bertz CT molecular complexity index is 856. The van der Waals surface area contributed by atoms with Crippen LogP contribution in [0.1, 0.15) is 15.9 Å². The lowest BCUT2D eigenvalue weighted by Gasteiger charge is -2.10. The molecule has 2 rings (SSSR count). The number of amides is 1. The molecule has 0 atom stereocenters. The molecule has 9 heteroatoms. The van der Waals surface area contributed by atoms with Gasteiger partial charge in [-0.05, 0) is 46.6 Å². The Kier molecular flexibility index (Phi) is 6.11. The number of para-hydroxylation sites is 1. The molecule has 130 valence electrons. The average molecular weight is 428 g/mol. The second-order valence-corrected chi connectivity index (χ2v) is 6.24. The molecule has 0 unspecified atom stereocenters. The van der Waals surface area contributed by atoms with Gasteiger partial charge in [-0.15, -0.1) is 0 Å². The number of nitrogens with zero attached hydrogens (tertiary/aromatic N) is 1. The highest BCUT2D eigenvalue weighted by Gasteiger charge is 2.21. The van der Waals surface area contributed by atoms with E-state index in [1.54, 1.807) is 19.1 Å². The van der Waals surface area contributed by atoms with Crippen LogP contribution in [0.3, 0.4) is 0 Å². The zero-order valence-electron chi connectivity index (χ0n) is 12.9. The number of benzene rings is 2. The molecule has 0 aliphatic heterocycles. The molecule has 0 spiro atoms. The number of nitro groups is 1. The summed E-state index contributed by atoms with van der Waals surface area (Å²) in [5.74, 6) is -1.54. The summed E-state index contributed by atoms with van der Waals surface area (Å²) in [5, 5.41) is 13.9. The van der Waals surface area contributed by atoms with Gasteiger partial charge in [-0.2, -0.15) is 0 Å². The molecule has 2 aromatic rings. The van der Waals surface area contributed by atoms with Gasteiger partial charge in [0, 0.05) is 16.2 Å². The molecule has 0 aromatic heterocycles. The van der Waals surface area contributed by atoms with E-state index in [0.29, 0.717) is 15.2 Å². The zero-order valence-corrected chi connectivity index (χ0v) is 15.3. The second-order valence-electron chi connectivity index (χ2n) is 4.98. The van der Waals surface area contributed by atoms with Crippen LogP contribution in [0.25, 0.3) is 0 Å². The van der Waals surface area contributed by atoms with E-state index >= 15 is 0 Å². The predicted octanol–water partition coefficient (Wildman–Crippen LogP) is 4.11. The minimum absolute atomic E-state index is 0.219. The Labute approximate surface area is 156 Å². The van der Waals surface area contributed by atoms with Crippen molar-refractivity contribution in [2.75, 3.05) is 11.9 Å². The van der Waals surface area contributed by atoms with Gasteiger partial charge in [0.1, 0.15) is 5.56 Å². The fraction of sp³-hybridized carbons (Fsp3) is 0.125. The number of carbonyl (C=O) groups is 2. The molecule has 7 nitrogen and oxygen atoms in total. The first-order valence-electron chi connectivity index (χ1n) is 6.95. The lowest BCUT2D eigenvalue weighted by atomic mass is 10.2. The van der Waals surface area contributed by atoms with E-state index in [1.165, 1.54) is 24.3 Å². The Hall–Kier alpha value is -2.45. The number of aryl methyl sites for hydroxylation is 1. The number of anilines is 1. The summed E-state index contributed by atoms with van der Waals surface area (Å²) in [6.07, 6.45) is 0. The number of carbonyl (C=O) groups excluding carboxylic acids is 2. The average Bonchev–Trinajstić information content (AvgIpc) is 2.57. The number of ether oxygens (including phenoxy) is 1. The van der Waals surface area contributed by atoms with Gasteiger partial charge in [-0.1, -0.05) is 23.7 Å². The highest BCUT2D eigenvalue weighted by Crippen LogP contribution is 2.29. The Balaban J connectivity index is 2.02. The highest BCUT2D eigenvalue weighted by atomic mass is 79.9. The molecule has 25 heavy (non-hydrogen) atoms. The smallest absolute Gasteiger partial charge is 0.345 e. The number of halogens is 2. The molecule has 0 heterocycles. The first-order valence-corrected chi connectivity index (χ1v) is 8.12. The molecule has 1 amide bonds. The third-order valence-corrected chi connectivity index (χ3v) is 4.39. The zero-order chi connectivity index (χ0) is 18.6. The number of nitrogens with one attached hydrogen (secondary N) is 1. The molecule has 1 N–H and O–H groups in total. The van der Waals surface area contributed by atoms with Crippen LogP contribution in [-0.4, -0.2) is 23.4 Å². The molecule has 0 bridgehead atoms. The molecule has 0 fully saturated rings. The maximum atomic E-state index is 12.0. The van der Waals surface area contributed by atoms with Gasteiger partial charge < -0.3 is 10.1 Å². The van der Waals surface area contributed by atoms with Crippen molar-refractivity contribution < 1.29 is 19.2 Å². The largest absolute Gasteiger partial charge is 0.452 e. The number of esters is 1. The van der Waals surface area contributed by atoms with Crippen LogP contribution in [0.2, 0.25) is 5.02 Å². The van der Waals surface area contributed by atoms with Crippen LogP contribution in [0, 0.1) is 17.0 Å². The van der Waals surface area contributed by atoms with E-state index in [9.17, 15) is 19.7 Å². The summed E-state index contributed by atoms with van der Waals surface area (Å²) in [6.45, 7) is 1.19. The van der Waals surface area contributed by atoms with Gasteiger partial charge in [0.05, 0.1) is 9.95 Å². The lowest BCUT2D eigenvalue weighted by molar-refractivity contribution is -0.385. The maximum Gasteiger partial charge on any atom is 0.345 e. The van der Waals surface area contributed by atoms with E-state index in [-0.39, 0.29) is 11.3 Å². The SMILES string of the molecule is Cc1cc(Br)c(Cl)cc1NC(=O)COC(=O)c1ccccc1[N+](=O)[O-]. The molecule has 0 radical (unpaired) electrons. The lowest BCUT2D eigenvalue weighted by Crippen LogP contribution is -2.21. The first-order chi connectivity index (χ1) is 11.8. The third-order valence-electron chi connectivity index (χ3n) is 3.20. The first kappa shape index (κ1) is 18.9. The highest BCUT2D eigenvalue weighted by molar-refractivity contribution is 9.10. The number of hydrogen-bond donors (Lipinski definition) is 1. The van der Waals surface area contributed by atoms with Crippen molar-refractivity contribution in [2.24, 2.45) is 0 Å². The van der Waals surface area contributed by atoms with E-state index in [4.69, 9.17) is 16.3 Å². The Morgan fingerprint density at radius 1 is 1.32 bits per heavy atom. The van der Waals surface area contributed by atoms with Crippen molar-refractivity contribution in [3.63, 3.8) is 0 Å². The van der Waals surface area contributed by atoms with Crippen LogP contribution in [-0.2, 0) is 9.53 Å². The van der Waals surface area contributed by atoms with E-state index in [0.717, 1.165) is 5.56 Å². The molecule has 0 saturated carbocycles. The van der Waals surface area contributed by atoms with Crippen molar-refractivity contribution >= 4 is 50.8 Å². The van der Waals surface area contributed by atoms with Crippen LogP contribution in [0.5, 0.6) is 0 Å². The second kappa shape index (κ2) is 8.09. The fourth-order valence-electron chi connectivity index (χ4n) is 1.98. The third kappa shape index (κ3) is 4.77. The Morgan fingerprint density at radius 3 is 2.68 bits per heavy atom. The molecule has 0 saturated heterocycles. The molecular formula is C16H12BrClN2O5. The maximum absolute atomic E-state index is 12.0. The topological polar surface area (TPSA) is 98.5 Å².